The fourth-order valence-electron chi connectivity index (χ4n) is 2.40. The van der Waals surface area contributed by atoms with Crippen molar-refractivity contribution in [2.75, 3.05) is 19.6 Å². The largest absolute Gasteiger partial charge is 0.444 e. The second-order valence-electron chi connectivity index (χ2n) is 7.63. The molecule has 1 amide bonds. The zero-order valence-corrected chi connectivity index (χ0v) is 16.9. The first-order valence-electron chi connectivity index (χ1n) is 8.67. The van der Waals surface area contributed by atoms with Gasteiger partial charge in [0.1, 0.15) is 5.60 Å². The van der Waals surface area contributed by atoms with Gasteiger partial charge in [0, 0.05) is 13.0 Å². The van der Waals surface area contributed by atoms with E-state index in [-0.39, 0.29) is 31.0 Å². The third-order valence-corrected chi connectivity index (χ3v) is 5.23. The van der Waals surface area contributed by atoms with Crippen LogP contribution in [0.1, 0.15) is 32.8 Å². The second-order valence-corrected chi connectivity index (χ2v) is 9.40. The summed E-state index contributed by atoms with van der Waals surface area (Å²) in [6, 6.07) is 6.56. The Hall–Kier alpha value is -2.08. The van der Waals surface area contributed by atoms with E-state index in [1.54, 1.807) is 45.0 Å². The Kier molecular flexibility index (Phi) is 6.20. The number of likely N-dealkylation sites (tertiary alicyclic amines) is 1. The van der Waals surface area contributed by atoms with E-state index in [1.807, 2.05) is 6.92 Å². The van der Waals surface area contributed by atoms with Crippen LogP contribution in [0.25, 0.3) is 0 Å². The molecule has 1 fully saturated rings. The van der Waals surface area contributed by atoms with Crippen molar-refractivity contribution in [3.05, 3.63) is 29.8 Å². The van der Waals surface area contributed by atoms with Gasteiger partial charge in [-0.25, -0.2) is 17.9 Å². The summed E-state index contributed by atoms with van der Waals surface area (Å²) in [5.74, 6) is 5.46. The monoisotopic (exact) mass is 394 g/mol. The molecule has 1 aromatic carbocycles. The third kappa shape index (κ3) is 6.24. The molecule has 8 heteroatoms. The summed E-state index contributed by atoms with van der Waals surface area (Å²) >= 11 is 0. The maximum Gasteiger partial charge on any atom is 0.410 e. The number of nitrogens with zero attached hydrogens (tertiary/aromatic N) is 1. The first-order chi connectivity index (χ1) is 12.4. The van der Waals surface area contributed by atoms with E-state index in [9.17, 15) is 18.3 Å². The van der Waals surface area contributed by atoms with E-state index in [0.717, 1.165) is 5.56 Å². The average molecular weight is 394 g/mol. The zero-order chi connectivity index (χ0) is 20.3. The van der Waals surface area contributed by atoms with Gasteiger partial charge in [0.05, 0.1) is 18.0 Å². The third-order valence-electron chi connectivity index (χ3n) is 3.75. The van der Waals surface area contributed by atoms with E-state index in [4.69, 9.17) is 4.74 Å². The number of sulfonamides is 1. The van der Waals surface area contributed by atoms with Crippen LogP contribution in [0.2, 0.25) is 0 Å². The van der Waals surface area contributed by atoms with Crippen molar-refractivity contribution >= 4 is 16.1 Å². The molecule has 1 aromatic rings. The summed E-state index contributed by atoms with van der Waals surface area (Å²) in [4.78, 5) is 13.4. The number of benzene rings is 1. The Morgan fingerprint density at radius 3 is 2.44 bits per heavy atom. The van der Waals surface area contributed by atoms with Gasteiger partial charge in [-0.15, -0.1) is 0 Å². The minimum Gasteiger partial charge on any atom is -0.444 e. The minimum absolute atomic E-state index is 0.0734. The molecule has 1 heterocycles. The van der Waals surface area contributed by atoms with E-state index < -0.39 is 27.3 Å². The van der Waals surface area contributed by atoms with Gasteiger partial charge in [-0.1, -0.05) is 29.5 Å². The van der Waals surface area contributed by atoms with Crippen LogP contribution in [-0.2, 0) is 14.8 Å². The highest BCUT2D eigenvalue weighted by molar-refractivity contribution is 7.89. The lowest BCUT2D eigenvalue weighted by Gasteiger charge is -2.43. The number of aryl methyl sites for hydroxylation is 1. The lowest BCUT2D eigenvalue weighted by atomic mass is 9.95. The Balaban J connectivity index is 1.78. The molecule has 0 saturated carbocycles. The van der Waals surface area contributed by atoms with Crippen molar-refractivity contribution < 1.29 is 23.1 Å². The first kappa shape index (κ1) is 21.2. The van der Waals surface area contributed by atoms with Crippen molar-refractivity contribution in [1.82, 2.24) is 9.62 Å². The van der Waals surface area contributed by atoms with Crippen molar-refractivity contribution in [1.29, 1.82) is 0 Å². The van der Waals surface area contributed by atoms with Gasteiger partial charge >= 0.3 is 6.09 Å². The molecular weight excluding hydrogens is 368 g/mol. The van der Waals surface area contributed by atoms with Gasteiger partial charge < -0.3 is 14.7 Å². The highest BCUT2D eigenvalue weighted by Crippen LogP contribution is 2.22. The van der Waals surface area contributed by atoms with Crippen LogP contribution >= 0.6 is 0 Å². The van der Waals surface area contributed by atoms with Crippen LogP contribution in [0.3, 0.4) is 0 Å². The Labute approximate surface area is 160 Å². The van der Waals surface area contributed by atoms with Gasteiger partial charge in [-0.05, 0) is 39.8 Å². The number of β-amino-alcohol motifs (C(OH)–C–C–N with tert-alkyl or cyclic N) is 1. The maximum atomic E-state index is 12.1. The van der Waals surface area contributed by atoms with Crippen molar-refractivity contribution in [3.63, 3.8) is 0 Å². The smallest absolute Gasteiger partial charge is 0.410 e. The summed E-state index contributed by atoms with van der Waals surface area (Å²) in [7, 11) is -3.57. The zero-order valence-electron chi connectivity index (χ0n) is 16.1. The molecule has 0 aliphatic carbocycles. The number of hydrogen-bond donors (Lipinski definition) is 2. The number of ether oxygens (including phenoxy) is 1. The summed E-state index contributed by atoms with van der Waals surface area (Å²) in [5.41, 5.74) is -0.883. The van der Waals surface area contributed by atoms with Crippen LogP contribution < -0.4 is 4.72 Å². The molecule has 27 heavy (non-hydrogen) atoms. The number of hydrogen-bond acceptors (Lipinski definition) is 5. The number of carbonyl (C=O) groups excluding carboxylic acids is 1. The molecule has 148 valence electrons. The lowest BCUT2D eigenvalue weighted by Crippen LogP contribution is -2.63. The molecule has 0 spiro atoms. The van der Waals surface area contributed by atoms with Gasteiger partial charge in [0.15, 0.2) is 5.60 Å². The van der Waals surface area contributed by atoms with Crippen LogP contribution in [0.5, 0.6) is 0 Å². The molecule has 7 nitrogen and oxygen atoms in total. The van der Waals surface area contributed by atoms with Gasteiger partial charge in [0.2, 0.25) is 10.0 Å². The highest BCUT2D eigenvalue weighted by Gasteiger charge is 2.44. The predicted octanol–water partition coefficient (Wildman–Crippen LogP) is 1.65. The average Bonchev–Trinajstić information content (AvgIpc) is 2.50. The Morgan fingerprint density at radius 1 is 1.30 bits per heavy atom. The molecular formula is C19H26N2O5S. The van der Waals surface area contributed by atoms with Crippen LogP contribution in [-0.4, -0.2) is 55.4 Å². The quantitative estimate of drug-likeness (QED) is 0.598. The van der Waals surface area contributed by atoms with Crippen LogP contribution in [0, 0.1) is 18.8 Å². The fourth-order valence-corrected chi connectivity index (χ4v) is 3.43. The molecule has 0 bridgehead atoms. The topological polar surface area (TPSA) is 95.9 Å². The molecule has 1 aliphatic rings. The number of amides is 1. The maximum absolute atomic E-state index is 12.1. The Morgan fingerprint density at radius 2 is 1.89 bits per heavy atom. The summed E-state index contributed by atoms with van der Waals surface area (Å²) in [6.45, 7) is 7.48. The number of aliphatic hydroxyl groups is 1. The molecule has 0 atom stereocenters. The van der Waals surface area contributed by atoms with Crippen LogP contribution in [0.15, 0.2) is 29.2 Å². The summed E-state index contributed by atoms with van der Waals surface area (Å²) in [5, 5.41) is 10.2. The SMILES string of the molecule is Cc1ccc(S(=O)(=O)NCCC#CC2(O)CN(C(=O)OC(C)(C)C)C2)cc1. The molecule has 1 saturated heterocycles. The van der Waals surface area contributed by atoms with E-state index in [2.05, 4.69) is 16.6 Å². The standard InChI is InChI=1S/C19H26N2O5S/c1-15-7-9-16(10-8-15)27(24,25)20-12-6-5-11-19(23)13-21(14-19)17(22)26-18(2,3)4/h7-10,20,23H,6,12-14H2,1-4H3. The van der Waals surface area contributed by atoms with Crippen molar-refractivity contribution in [2.24, 2.45) is 0 Å². The van der Waals surface area contributed by atoms with E-state index in [0.29, 0.717) is 0 Å². The molecule has 0 radical (unpaired) electrons. The van der Waals surface area contributed by atoms with Crippen LogP contribution in [0.4, 0.5) is 4.79 Å². The first-order valence-corrected chi connectivity index (χ1v) is 10.2. The highest BCUT2D eigenvalue weighted by atomic mass is 32.2. The fraction of sp³-hybridized carbons (Fsp3) is 0.526. The molecule has 0 aromatic heterocycles. The normalized spacial score (nSPS) is 16.1. The summed E-state index contributed by atoms with van der Waals surface area (Å²) < 4.78 is 32.0. The Bertz CT molecular complexity index is 839. The van der Waals surface area contributed by atoms with E-state index >= 15 is 0 Å². The molecule has 2 rings (SSSR count). The summed E-state index contributed by atoms with van der Waals surface area (Å²) in [6.07, 6.45) is -0.236. The molecule has 2 N–H and O–H groups in total. The number of carbonyl (C=O) groups is 1. The van der Waals surface area contributed by atoms with Gasteiger partial charge in [-0.3, -0.25) is 0 Å². The molecule has 1 aliphatic heterocycles. The number of nitrogens with one attached hydrogen (secondary N) is 1. The van der Waals surface area contributed by atoms with Gasteiger partial charge in [0.25, 0.3) is 0 Å². The second kappa shape index (κ2) is 7.89. The number of rotatable bonds is 4. The van der Waals surface area contributed by atoms with Crippen molar-refractivity contribution in [2.45, 2.75) is 50.2 Å². The van der Waals surface area contributed by atoms with Gasteiger partial charge in [-0.2, -0.15) is 0 Å². The molecule has 0 unspecified atom stereocenters. The minimum atomic E-state index is -3.57. The predicted molar refractivity (Wildman–Crippen MR) is 102 cm³/mol. The lowest BCUT2D eigenvalue weighted by molar-refractivity contribution is -0.0638. The van der Waals surface area contributed by atoms with Crippen molar-refractivity contribution in [3.8, 4) is 11.8 Å². The van der Waals surface area contributed by atoms with E-state index in [1.165, 1.54) is 4.90 Å².